The van der Waals surface area contributed by atoms with Crippen LogP contribution in [0.5, 0.6) is 0 Å². The molecule has 1 N–H and O–H groups in total. The van der Waals surface area contributed by atoms with E-state index in [2.05, 4.69) is 54.5 Å². The monoisotopic (exact) mass is 321 g/mol. The lowest BCUT2D eigenvalue weighted by atomic mass is 9.87. The third-order valence-electron chi connectivity index (χ3n) is 4.03. The van der Waals surface area contributed by atoms with Gasteiger partial charge in [-0.3, -0.25) is 4.57 Å². The summed E-state index contributed by atoms with van der Waals surface area (Å²) in [5.74, 6) is 1.40. The minimum atomic E-state index is 0.0957. The second kappa shape index (κ2) is 5.35. The lowest BCUT2D eigenvalue weighted by molar-refractivity contribution is 0.167. The Morgan fingerprint density at radius 2 is 1.96 bits per heavy atom. The van der Waals surface area contributed by atoms with Crippen LogP contribution in [0, 0.1) is 0 Å². The Morgan fingerprint density at radius 3 is 2.71 bits per heavy atom. The number of hydrogen-bond acceptors (Lipinski definition) is 5. The van der Waals surface area contributed by atoms with Crippen LogP contribution in [0.25, 0.3) is 16.9 Å². The Balaban J connectivity index is 1.70. The van der Waals surface area contributed by atoms with Crippen LogP contribution in [-0.2, 0) is 10.3 Å². The van der Waals surface area contributed by atoms with Gasteiger partial charge in [-0.25, -0.2) is 15.0 Å². The van der Waals surface area contributed by atoms with Crippen molar-refractivity contribution >= 4 is 22.7 Å². The SMILES string of the molecule is CC(C)(C)c1ccc2c(c1)ncn2C1=CN(c2ccccn2)NO1. The minimum absolute atomic E-state index is 0.0957. The van der Waals surface area contributed by atoms with Gasteiger partial charge >= 0.3 is 0 Å². The average molecular weight is 321 g/mol. The van der Waals surface area contributed by atoms with Crippen LogP contribution in [0.1, 0.15) is 26.3 Å². The topological polar surface area (TPSA) is 55.2 Å². The molecule has 0 amide bonds. The van der Waals surface area contributed by atoms with Crippen molar-refractivity contribution in [3.8, 4) is 0 Å². The number of nitrogens with zero attached hydrogens (tertiary/aromatic N) is 4. The Hall–Kier alpha value is -2.86. The molecular formula is C18H19N5O. The van der Waals surface area contributed by atoms with Gasteiger partial charge in [0.1, 0.15) is 12.1 Å². The number of fused-ring (bicyclic) bond motifs is 1. The van der Waals surface area contributed by atoms with Gasteiger partial charge in [0.25, 0.3) is 0 Å². The minimum Gasteiger partial charge on any atom is -0.368 e. The fourth-order valence-electron chi connectivity index (χ4n) is 2.63. The number of anilines is 1. The van der Waals surface area contributed by atoms with Gasteiger partial charge < -0.3 is 4.84 Å². The van der Waals surface area contributed by atoms with Gasteiger partial charge in [0.15, 0.2) is 0 Å². The van der Waals surface area contributed by atoms with Crippen molar-refractivity contribution in [1.82, 2.24) is 20.1 Å². The first kappa shape index (κ1) is 14.7. The molecule has 4 rings (SSSR count). The largest absolute Gasteiger partial charge is 0.368 e. The van der Waals surface area contributed by atoms with Crippen LogP contribution in [0.15, 0.2) is 55.1 Å². The first-order chi connectivity index (χ1) is 11.5. The molecule has 0 radical (unpaired) electrons. The Bertz CT molecular complexity index is 908. The molecule has 0 bridgehead atoms. The molecule has 6 heteroatoms. The number of rotatable bonds is 2. The predicted octanol–water partition coefficient (Wildman–Crippen LogP) is 3.44. The molecule has 0 fully saturated rings. The molecule has 3 aromatic rings. The maximum Gasteiger partial charge on any atom is 0.244 e. The van der Waals surface area contributed by atoms with Crippen LogP contribution in [-0.4, -0.2) is 14.5 Å². The maximum absolute atomic E-state index is 5.59. The van der Waals surface area contributed by atoms with Gasteiger partial charge in [-0.15, -0.1) is 0 Å². The van der Waals surface area contributed by atoms with Crippen molar-refractivity contribution in [2.24, 2.45) is 0 Å². The van der Waals surface area contributed by atoms with Crippen LogP contribution in [0.2, 0.25) is 0 Å². The molecular weight excluding hydrogens is 302 g/mol. The number of hydrazine groups is 1. The maximum atomic E-state index is 5.59. The van der Waals surface area contributed by atoms with Gasteiger partial charge in [0.2, 0.25) is 5.88 Å². The van der Waals surface area contributed by atoms with Crippen LogP contribution in [0.3, 0.4) is 0 Å². The molecule has 3 heterocycles. The van der Waals surface area contributed by atoms with Crippen LogP contribution >= 0.6 is 0 Å². The number of nitrogens with one attached hydrogen (secondary N) is 1. The molecule has 1 aromatic carbocycles. The van der Waals surface area contributed by atoms with E-state index in [0.29, 0.717) is 5.88 Å². The van der Waals surface area contributed by atoms with E-state index in [0.717, 1.165) is 16.9 Å². The molecule has 0 saturated carbocycles. The second-order valence-electron chi connectivity index (χ2n) is 6.79. The summed E-state index contributed by atoms with van der Waals surface area (Å²) in [5, 5.41) is 1.73. The summed E-state index contributed by atoms with van der Waals surface area (Å²) in [7, 11) is 0. The second-order valence-corrected chi connectivity index (χ2v) is 6.79. The van der Waals surface area contributed by atoms with Crippen molar-refractivity contribution in [2.75, 3.05) is 5.01 Å². The quantitative estimate of drug-likeness (QED) is 0.783. The van der Waals surface area contributed by atoms with E-state index in [9.17, 15) is 0 Å². The Morgan fingerprint density at radius 1 is 1.08 bits per heavy atom. The number of pyridine rings is 1. The van der Waals surface area contributed by atoms with Crippen LogP contribution < -0.4 is 10.6 Å². The number of imidazole rings is 1. The average Bonchev–Trinajstić information content (AvgIpc) is 3.21. The molecule has 0 unspecified atom stereocenters. The number of hydrogen-bond donors (Lipinski definition) is 1. The van der Waals surface area contributed by atoms with E-state index in [4.69, 9.17) is 4.84 Å². The molecule has 2 aromatic heterocycles. The summed E-state index contributed by atoms with van der Waals surface area (Å²) in [6.07, 6.45) is 5.36. The molecule has 1 aliphatic heterocycles. The Kier molecular flexibility index (Phi) is 3.28. The van der Waals surface area contributed by atoms with E-state index in [-0.39, 0.29) is 5.41 Å². The summed E-state index contributed by atoms with van der Waals surface area (Å²) in [4.78, 5) is 14.4. The Labute approximate surface area is 140 Å². The first-order valence-corrected chi connectivity index (χ1v) is 7.85. The fourth-order valence-corrected chi connectivity index (χ4v) is 2.63. The molecule has 6 nitrogen and oxygen atoms in total. The van der Waals surface area contributed by atoms with Gasteiger partial charge in [-0.05, 0) is 35.2 Å². The highest BCUT2D eigenvalue weighted by molar-refractivity contribution is 5.79. The number of aromatic nitrogens is 3. The third-order valence-corrected chi connectivity index (χ3v) is 4.03. The van der Waals surface area contributed by atoms with Crippen molar-refractivity contribution in [3.05, 3.63) is 60.7 Å². The van der Waals surface area contributed by atoms with E-state index in [1.165, 1.54) is 5.56 Å². The van der Waals surface area contributed by atoms with E-state index in [1.807, 2.05) is 29.0 Å². The zero-order valence-electron chi connectivity index (χ0n) is 13.9. The van der Waals surface area contributed by atoms with Gasteiger partial charge in [-0.1, -0.05) is 38.5 Å². The fraction of sp³-hybridized carbons (Fsp3) is 0.222. The molecule has 1 aliphatic rings. The zero-order chi connectivity index (χ0) is 16.7. The summed E-state index contributed by atoms with van der Waals surface area (Å²) >= 11 is 0. The normalized spacial score (nSPS) is 14.8. The highest BCUT2D eigenvalue weighted by Gasteiger charge is 2.20. The van der Waals surface area contributed by atoms with Crippen molar-refractivity contribution in [3.63, 3.8) is 0 Å². The highest BCUT2D eigenvalue weighted by atomic mass is 16.7. The van der Waals surface area contributed by atoms with Crippen molar-refractivity contribution < 1.29 is 4.84 Å². The summed E-state index contributed by atoms with van der Waals surface area (Å²) < 4.78 is 1.91. The molecule has 122 valence electrons. The van der Waals surface area contributed by atoms with Crippen LogP contribution in [0.4, 0.5) is 5.82 Å². The van der Waals surface area contributed by atoms with E-state index in [1.54, 1.807) is 17.5 Å². The first-order valence-electron chi connectivity index (χ1n) is 7.85. The van der Waals surface area contributed by atoms with Gasteiger partial charge in [0.05, 0.1) is 17.2 Å². The van der Waals surface area contributed by atoms with Crippen molar-refractivity contribution in [2.45, 2.75) is 26.2 Å². The summed E-state index contributed by atoms with van der Waals surface area (Å²) in [6, 6.07) is 12.1. The lowest BCUT2D eigenvalue weighted by Gasteiger charge is -2.18. The lowest BCUT2D eigenvalue weighted by Crippen LogP contribution is -2.27. The number of benzene rings is 1. The zero-order valence-corrected chi connectivity index (χ0v) is 13.9. The van der Waals surface area contributed by atoms with Gasteiger partial charge in [0, 0.05) is 6.20 Å². The summed E-state index contributed by atoms with van der Waals surface area (Å²) in [6.45, 7) is 6.59. The molecule has 0 saturated heterocycles. The standard InChI is InChI=1S/C18H19N5O/c1-18(2,3)13-7-8-15-14(10-13)20-12-22(15)17-11-23(21-24-17)16-6-4-5-9-19-16/h4-12,21H,1-3H3. The highest BCUT2D eigenvalue weighted by Crippen LogP contribution is 2.27. The molecule has 0 atom stereocenters. The van der Waals surface area contributed by atoms with E-state index < -0.39 is 0 Å². The predicted molar refractivity (Wildman–Crippen MR) is 93.6 cm³/mol. The molecule has 24 heavy (non-hydrogen) atoms. The molecule has 0 spiro atoms. The van der Waals surface area contributed by atoms with Crippen molar-refractivity contribution in [1.29, 1.82) is 0 Å². The third kappa shape index (κ3) is 2.51. The van der Waals surface area contributed by atoms with Gasteiger partial charge in [-0.2, -0.15) is 0 Å². The summed E-state index contributed by atoms with van der Waals surface area (Å²) in [5.41, 5.74) is 6.14. The smallest absolute Gasteiger partial charge is 0.244 e. The molecule has 0 aliphatic carbocycles. The van der Waals surface area contributed by atoms with E-state index >= 15 is 0 Å².